The number of alkyl carbamates (subject to hydrolysis) is 1. The lowest BCUT2D eigenvalue weighted by molar-refractivity contribution is -0.142. The molecule has 4 aromatic heterocycles. The minimum atomic E-state index is -2.45. The number of carboxylic acid groups (broad SMARTS) is 1. The van der Waals surface area contributed by atoms with Crippen LogP contribution in [0.25, 0.3) is 18.2 Å². The van der Waals surface area contributed by atoms with Crippen LogP contribution in [0.4, 0.5) is 49.5 Å². The van der Waals surface area contributed by atoms with Crippen molar-refractivity contribution in [2.75, 3.05) is 59.5 Å². The Morgan fingerprint density at radius 3 is 1.44 bits per heavy atom. The van der Waals surface area contributed by atoms with Gasteiger partial charge in [-0.05, 0) is 89.4 Å². The number of likely N-dealkylation sites (tertiary alicyclic amines) is 1. The van der Waals surface area contributed by atoms with Crippen LogP contribution in [0.15, 0.2) is 242 Å². The molecular formula is C83H81F8N9O13Si. The summed E-state index contributed by atoms with van der Waals surface area (Å²) < 4.78 is 132. The Balaban J connectivity index is 0.000000179. The highest BCUT2D eigenvalue weighted by molar-refractivity contribution is 6.76. The molecule has 5 atom stereocenters. The highest BCUT2D eigenvalue weighted by Gasteiger charge is 2.59. The molecule has 5 aromatic carbocycles. The smallest absolute Gasteiger partial charge is 0.417 e. The number of hydrogen-bond acceptors (Lipinski definition) is 18. The van der Waals surface area contributed by atoms with Crippen LogP contribution in [0.3, 0.4) is 0 Å². The van der Waals surface area contributed by atoms with Gasteiger partial charge in [0, 0.05) is 57.2 Å². The van der Waals surface area contributed by atoms with Crippen LogP contribution in [0.5, 0.6) is 0 Å². The Hall–Kier alpha value is -12.5. The summed E-state index contributed by atoms with van der Waals surface area (Å²) in [6.45, 7) is 11.3. The fourth-order valence-corrected chi connectivity index (χ4v) is 13.3. The first-order valence-corrected chi connectivity index (χ1v) is 39.1. The van der Waals surface area contributed by atoms with Crippen molar-refractivity contribution in [2.24, 2.45) is 0 Å². The van der Waals surface area contributed by atoms with Gasteiger partial charge in [-0.15, -0.1) is 0 Å². The van der Waals surface area contributed by atoms with E-state index in [1.54, 1.807) is 68.6 Å². The number of cyclic esters (lactones) is 3. The summed E-state index contributed by atoms with van der Waals surface area (Å²) in [5, 5.41) is 10.9. The van der Waals surface area contributed by atoms with Gasteiger partial charge in [-0.1, -0.05) is 171 Å². The van der Waals surface area contributed by atoms with Crippen LogP contribution in [-0.2, 0) is 56.0 Å². The fraction of sp³-hybridized carbons (Fsp3) is 0.241. The molecule has 4 aliphatic heterocycles. The summed E-state index contributed by atoms with van der Waals surface area (Å²) in [6, 6.07) is 55.7. The third-order valence-corrected chi connectivity index (χ3v) is 18.2. The second-order valence-electron chi connectivity index (χ2n) is 26.7. The normalized spacial score (nSPS) is 17.9. The Morgan fingerprint density at radius 1 is 0.570 bits per heavy atom. The van der Waals surface area contributed by atoms with Gasteiger partial charge in [0.2, 0.25) is 17.3 Å². The van der Waals surface area contributed by atoms with Gasteiger partial charge in [-0.25, -0.2) is 60.1 Å². The molecule has 4 saturated heterocycles. The average molecular weight is 1590 g/mol. The van der Waals surface area contributed by atoms with E-state index in [-0.39, 0.29) is 67.8 Å². The first kappa shape index (κ1) is 87.1. The maximum absolute atomic E-state index is 16.8. The largest absolute Gasteiger partial charge is 0.476 e. The number of imide groups is 2. The molecule has 0 spiro atoms. The van der Waals surface area contributed by atoms with Gasteiger partial charge in [-0.2, -0.15) is 8.78 Å². The van der Waals surface area contributed by atoms with Crippen molar-refractivity contribution in [1.29, 1.82) is 0 Å². The number of aromatic nitrogens is 4. The number of carbonyl (C=O) groups excluding carboxylic acids is 6. The van der Waals surface area contributed by atoms with Crippen molar-refractivity contribution >= 4 is 68.3 Å². The fourth-order valence-electron chi connectivity index (χ4n) is 11.7. The molecule has 8 heterocycles. The van der Waals surface area contributed by atoms with E-state index in [9.17, 15) is 64.3 Å². The molecule has 596 valence electrons. The number of ether oxygens (including phenoxy) is 5. The number of methoxy groups -OCH3 is 1. The van der Waals surface area contributed by atoms with E-state index in [1.165, 1.54) is 42.1 Å². The molecule has 0 aliphatic carbocycles. The van der Waals surface area contributed by atoms with Gasteiger partial charge in [0.1, 0.15) is 55.2 Å². The number of rotatable bonds is 20. The number of carboxylic acids is 1. The SMILES string of the molecule is CCOC(=O)/C(F)=C/c1ccc(F)cn1.COCN(Cc1ccccc1)C[Si](C)(C)C.O=C(O)/C(F)=C/c1ccc(F)cn1.O=C1N[C@H](c2ccccc2)CO1.O=C1OC[C@@H](c2ccccc2)N1C(=O)/C(F)=C/c1ccc(F)cn1.O=C1OC[C@@H](c2ccccc2)N1C(=O)[C@]1(F)CN(Cc2ccccc2)C[C@H]1c1ccc(F)cn1. The molecule has 22 nitrogen and oxygen atoms in total. The number of nitrogens with zero attached hydrogens (tertiary/aromatic N) is 8. The number of pyridine rings is 4. The molecule has 0 radical (unpaired) electrons. The number of amides is 5. The number of carbonyl (C=O) groups is 7. The second-order valence-corrected chi connectivity index (χ2v) is 32.1. The van der Waals surface area contributed by atoms with E-state index < -0.39 is 108 Å². The minimum absolute atomic E-state index is 0.0266. The quantitative estimate of drug-likeness (QED) is 0.0179. The molecule has 31 heteroatoms. The molecule has 0 unspecified atom stereocenters. The van der Waals surface area contributed by atoms with E-state index in [2.05, 4.69) is 84.9 Å². The van der Waals surface area contributed by atoms with Crippen LogP contribution in [-0.4, -0.2) is 160 Å². The van der Waals surface area contributed by atoms with Gasteiger partial charge < -0.3 is 34.1 Å². The summed E-state index contributed by atoms with van der Waals surface area (Å²) in [5.41, 5.74) is 2.83. The van der Waals surface area contributed by atoms with Crippen LogP contribution in [0.1, 0.15) is 81.6 Å². The number of nitrogens with one attached hydrogen (secondary N) is 1. The third kappa shape index (κ3) is 26.6. The lowest BCUT2D eigenvalue weighted by Gasteiger charge is -2.30. The number of alkyl halides is 1. The second kappa shape index (κ2) is 42.8. The summed E-state index contributed by atoms with van der Waals surface area (Å²) in [5.74, 6) is -11.6. The summed E-state index contributed by atoms with van der Waals surface area (Å²) in [7, 11) is 0.701. The van der Waals surface area contributed by atoms with Crippen molar-refractivity contribution in [3.05, 3.63) is 316 Å². The number of hydrogen-bond donors (Lipinski definition) is 2. The predicted octanol–water partition coefficient (Wildman–Crippen LogP) is 15.6. The van der Waals surface area contributed by atoms with Crippen molar-refractivity contribution in [3.63, 3.8) is 0 Å². The lowest BCUT2D eigenvalue weighted by atomic mass is 9.87. The van der Waals surface area contributed by atoms with E-state index in [4.69, 9.17) is 24.1 Å². The summed E-state index contributed by atoms with van der Waals surface area (Å²) in [4.78, 5) is 103. The van der Waals surface area contributed by atoms with E-state index in [0.717, 1.165) is 89.3 Å². The van der Waals surface area contributed by atoms with E-state index in [0.29, 0.717) is 30.4 Å². The Kier molecular flexibility index (Phi) is 32.7. The molecular weight excluding hydrogens is 1510 g/mol. The lowest BCUT2D eigenvalue weighted by Crippen LogP contribution is -2.51. The van der Waals surface area contributed by atoms with Crippen LogP contribution >= 0.6 is 0 Å². The van der Waals surface area contributed by atoms with Gasteiger partial charge >= 0.3 is 30.2 Å². The number of benzene rings is 5. The number of esters is 1. The van der Waals surface area contributed by atoms with Crippen molar-refractivity contribution < 1.29 is 97.5 Å². The van der Waals surface area contributed by atoms with Gasteiger partial charge in [-0.3, -0.25) is 39.3 Å². The van der Waals surface area contributed by atoms with Crippen LogP contribution in [0.2, 0.25) is 19.6 Å². The molecule has 4 aliphatic rings. The monoisotopic (exact) mass is 1590 g/mol. The molecule has 114 heavy (non-hydrogen) atoms. The van der Waals surface area contributed by atoms with Crippen molar-refractivity contribution in [1.82, 2.24) is 44.9 Å². The van der Waals surface area contributed by atoms with Crippen LogP contribution in [0, 0.1) is 23.3 Å². The first-order chi connectivity index (χ1) is 54.6. The maximum Gasteiger partial charge on any atom is 0.417 e. The standard InChI is InChI=1S/C26H23F2N3O3.C17H12F2N2O3.C13H23NOSi.C10H9F2NO2.C9H9NO2.C8H5F2NO2/c27-20-11-12-22(29-13-20)21-15-30(14-18-7-3-1-4-8-18)17-26(21,28)24(32)31-23(16-34-25(31)33)19-9-5-2-6-10-19;18-12-6-7-13(20-9-12)8-14(19)16(22)21-15(10-24-17(21)23)11-4-2-1-3-5-11;1-15-11-14(12-16(2,3)4)10-13-8-6-5-7-9-13;1-2-15-10(14)9(12)5-8-4-3-7(11)6-13-8;11-9-10-8(6-12-9)7-4-2-1-3-5-7;9-5-1-2-6(11-4-5)3-7(10)8(12)13/h1-13,21,23H,14-17H2;1-9,15H,10H2;5-9H,10-12H2,1-4H3;3-6H,2H2,1H3;1-5,8H,6H2,(H,10,11);1-4H,(H,12,13)/b;14-8-;;9-5-;;7-3-/t21-,23-,26-;15-;;;8-;/m00..0./s1. The minimum Gasteiger partial charge on any atom is -0.476 e. The van der Waals surface area contributed by atoms with Crippen molar-refractivity contribution in [2.45, 2.75) is 69.4 Å². The average Bonchev–Trinajstić information content (AvgIpc) is 1.58. The molecule has 5 amide bonds. The molecule has 4 fully saturated rings. The Morgan fingerprint density at radius 2 is 1.01 bits per heavy atom. The zero-order valence-corrected chi connectivity index (χ0v) is 63.4. The molecule has 0 saturated carbocycles. The van der Waals surface area contributed by atoms with Gasteiger partial charge in [0.15, 0.2) is 5.83 Å². The highest BCUT2D eigenvalue weighted by atomic mass is 28.3. The first-order valence-electron chi connectivity index (χ1n) is 35.4. The Bertz CT molecular complexity index is 4730. The van der Waals surface area contributed by atoms with E-state index in [1.807, 2.05) is 71.6 Å². The van der Waals surface area contributed by atoms with Crippen LogP contribution < -0.4 is 5.32 Å². The predicted molar refractivity (Wildman–Crippen MR) is 407 cm³/mol. The molecule has 0 bridgehead atoms. The summed E-state index contributed by atoms with van der Waals surface area (Å²) in [6.07, 6.45) is 5.23. The maximum atomic E-state index is 16.8. The van der Waals surface area contributed by atoms with E-state index >= 15 is 4.39 Å². The zero-order chi connectivity index (χ0) is 82.3. The Labute approximate surface area is 653 Å². The summed E-state index contributed by atoms with van der Waals surface area (Å²) >= 11 is 0. The number of halogens is 8. The van der Waals surface area contributed by atoms with Gasteiger partial charge in [0.25, 0.3) is 11.8 Å². The highest BCUT2D eigenvalue weighted by Crippen LogP contribution is 2.43. The molecule has 9 aromatic rings. The number of aliphatic carboxylic acids is 1. The molecule has 13 rings (SSSR count). The topological polar surface area (TPSA) is 262 Å². The molecule has 2 N–H and O–H groups in total. The third-order valence-electron chi connectivity index (χ3n) is 16.8. The van der Waals surface area contributed by atoms with Gasteiger partial charge in [0.05, 0.1) is 75.2 Å². The van der Waals surface area contributed by atoms with Crippen molar-refractivity contribution in [3.8, 4) is 0 Å². The zero-order valence-electron chi connectivity index (χ0n) is 62.4.